The van der Waals surface area contributed by atoms with E-state index in [1.165, 1.54) is 6.07 Å². The number of nitrogens with zero attached hydrogens (tertiary/aromatic N) is 1. The second-order valence-corrected chi connectivity index (χ2v) is 8.62. The maximum Gasteiger partial charge on any atom is 0.238 e. The number of nitrogens with two attached hydrogens (primary N) is 1. The quantitative estimate of drug-likeness (QED) is 0.451. The molecular formula is C24H22N2O5S. The maximum absolute atomic E-state index is 12.3. The summed E-state index contributed by atoms with van der Waals surface area (Å²) in [5.74, 6) is 1.95. The van der Waals surface area contributed by atoms with E-state index in [2.05, 4.69) is 4.98 Å². The minimum Gasteiger partial charge on any atom is -0.497 e. The van der Waals surface area contributed by atoms with E-state index in [0.717, 1.165) is 5.56 Å². The third-order valence-electron chi connectivity index (χ3n) is 4.93. The van der Waals surface area contributed by atoms with Gasteiger partial charge in [-0.05, 0) is 23.8 Å². The summed E-state index contributed by atoms with van der Waals surface area (Å²) in [6.07, 6.45) is 0.437. The molecule has 32 heavy (non-hydrogen) atoms. The van der Waals surface area contributed by atoms with Gasteiger partial charge < -0.3 is 13.9 Å². The van der Waals surface area contributed by atoms with Crippen molar-refractivity contribution >= 4 is 10.0 Å². The molecule has 0 saturated heterocycles. The van der Waals surface area contributed by atoms with Crippen LogP contribution in [0.4, 0.5) is 0 Å². The second-order valence-electron chi connectivity index (χ2n) is 7.09. The van der Waals surface area contributed by atoms with Gasteiger partial charge >= 0.3 is 0 Å². The standard InChI is InChI=1S/C24H22N2O5S/c1-29-18-13-17(14-19(15-18)30-2)24-23(20-10-6-7-11-21(20)32(25,27)28)26-22(31-24)12-16-8-4-3-5-9-16/h3-11,13-15H,12H2,1-2H3,(H2,25,27,28). The van der Waals surface area contributed by atoms with Crippen LogP contribution in [0.25, 0.3) is 22.6 Å². The van der Waals surface area contributed by atoms with Crippen LogP contribution in [0.5, 0.6) is 11.5 Å². The van der Waals surface area contributed by atoms with Gasteiger partial charge in [0.25, 0.3) is 0 Å². The van der Waals surface area contributed by atoms with Crippen molar-refractivity contribution in [1.82, 2.24) is 4.98 Å². The third kappa shape index (κ3) is 4.51. The Morgan fingerprint density at radius 2 is 1.53 bits per heavy atom. The average Bonchev–Trinajstić information content (AvgIpc) is 3.22. The molecular weight excluding hydrogens is 428 g/mol. The number of rotatable bonds is 7. The van der Waals surface area contributed by atoms with Crippen LogP contribution in [0.2, 0.25) is 0 Å². The Morgan fingerprint density at radius 1 is 0.906 bits per heavy atom. The lowest BCUT2D eigenvalue weighted by Crippen LogP contribution is -2.13. The molecule has 0 fully saturated rings. The van der Waals surface area contributed by atoms with Gasteiger partial charge in [-0.15, -0.1) is 0 Å². The molecule has 0 radical (unpaired) electrons. The van der Waals surface area contributed by atoms with Crippen LogP contribution in [-0.4, -0.2) is 27.6 Å². The summed E-state index contributed by atoms with van der Waals surface area (Å²) in [5.41, 5.74) is 2.37. The number of oxazole rings is 1. The first-order chi connectivity index (χ1) is 15.4. The van der Waals surface area contributed by atoms with E-state index in [4.69, 9.17) is 19.0 Å². The molecule has 0 aliphatic carbocycles. The minimum absolute atomic E-state index is 0.0318. The van der Waals surface area contributed by atoms with Crippen LogP contribution in [0.15, 0.2) is 82.1 Å². The van der Waals surface area contributed by atoms with Crippen LogP contribution in [0, 0.1) is 0 Å². The molecule has 0 amide bonds. The molecule has 0 unspecified atom stereocenters. The molecule has 164 valence electrons. The highest BCUT2D eigenvalue weighted by molar-refractivity contribution is 7.89. The number of benzene rings is 3. The van der Waals surface area contributed by atoms with Gasteiger partial charge in [0.15, 0.2) is 11.7 Å². The van der Waals surface area contributed by atoms with Crippen molar-refractivity contribution in [1.29, 1.82) is 0 Å². The molecule has 4 aromatic rings. The largest absolute Gasteiger partial charge is 0.497 e. The summed E-state index contributed by atoms with van der Waals surface area (Å²) in [4.78, 5) is 4.64. The van der Waals surface area contributed by atoms with E-state index in [0.29, 0.717) is 46.4 Å². The van der Waals surface area contributed by atoms with Crippen molar-refractivity contribution in [2.75, 3.05) is 14.2 Å². The number of sulfonamides is 1. The molecule has 4 rings (SSSR count). The van der Waals surface area contributed by atoms with Gasteiger partial charge in [-0.2, -0.15) is 0 Å². The Labute approximate surface area is 186 Å². The summed E-state index contributed by atoms with van der Waals surface area (Å²) in [6.45, 7) is 0. The molecule has 1 aromatic heterocycles. The molecule has 7 nitrogen and oxygen atoms in total. The Kier molecular flexibility index (Phi) is 5.98. The molecule has 0 aliphatic rings. The van der Waals surface area contributed by atoms with E-state index in [1.54, 1.807) is 50.6 Å². The number of methoxy groups -OCH3 is 2. The summed E-state index contributed by atoms with van der Waals surface area (Å²) < 4.78 is 41.4. The average molecular weight is 451 g/mol. The van der Waals surface area contributed by atoms with E-state index in [1.807, 2.05) is 30.3 Å². The summed E-state index contributed by atoms with van der Waals surface area (Å²) >= 11 is 0. The Bertz CT molecular complexity index is 1330. The maximum atomic E-state index is 12.3. The number of primary sulfonamides is 1. The minimum atomic E-state index is -3.99. The van der Waals surface area contributed by atoms with Crippen molar-refractivity contribution in [3.63, 3.8) is 0 Å². The van der Waals surface area contributed by atoms with Crippen molar-refractivity contribution in [2.45, 2.75) is 11.3 Å². The fourth-order valence-electron chi connectivity index (χ4n) is 3.44. The topological polar surface area (TPSA) is 105 Å². The lowest BCUT2D eigenvalue weighted by molar-refractivity contribution is 0.394. The predicted octanol–water partition coefficient (Wildman–Crippen LogP) is 4.26. The zero-order valence-corrected chi connectivity index (χ0v) is 18.4. The van der Waals surface area contributed by atoms with Gasteiger partial charge in [-0.3, -0.25) is 0 Å². The molecule has 0 atom stereocenters. The Morgan fingerprint density at radius 3 is 2.16 bits per heavy atom. The van der Waals surface area contributed by atoms with Crippen LogP contribution < -0.4 is 14.6 Å². The lowest BCUT2D eigenvalue weighted by Gasteiger charge is -2.09. The first-order valence-electron chi connectivity index (χ1n) is 9.78. The van der Waals surface area contributed by atoms with E-state index < -0.39 is 10.0 Å². The molecule has 3 aromatic carbocycles. The molecule has 0 bridgehead atoms. The Balaban J connectivity index is 1.94. The van der Waals surface area contributed by atoms with Crippen molar-refractivity contribution in [3.8, 4) is 34.1 Å². The highest BCUT2D eigenvalue weighted by Gasteiger charge is 2.24. The molecule has 0 saturated carbocycles. The molecule has 0 aliphatic heterocycles. The van der Waals surface area contributed by atoms with Crippen molar-refractivity contribution < 1.29 is 22.3 Å². The first kappa shape index (κ1) is 21.6. The number of hydrogen-bond donors (Lipinski definition) is 1. The van der Waals surface area contributed by atoms with Crippen molar-refractivity contribution in [2.24, 2.45) is 5.14 Å². The fourth-order valence-corrected chi connectivity index (χ4v) is 4.18. The van der Waals surface area contributed by atoms with Crippen molar-refractivity contribution in [3.05, 3.63) is 84.3 Å². The third-order valence-corrected chi connectivity index (χ3v) is 5.90. The molecule has 2 N–H and O–H groups in total. The summed E-state index contributed by atoms with van der Waals surface area (Å²) in [7, 11) is -0.882. The smallest absolute Gasteiger partial charge is 0.238 e. The van der Waals surface area contributed by atoms with E-state index in [9.17, 15) is 8.42 Å². The van der Waals surface area contributed by atoms with Gasteiger partial charge in [0.05, 0.1) is 19.1 Å². The number of aromatic nitrogens is 1. The monoisotopic (exact) mass is 450 g/mol. The molecule has 0 spiro atoms. The predicted molar refractivity (Wildman–Crippen MR) is 121 cm³/mol. The zero-order chi connectivity index (χ0) is 22.7. The van der Waals surface area contributed by atoms with Gasteiger partial charge in [0.1, 0.15) is 17.2 Å². The van der Waals surface area contributed by atoms with Crippen LogP contribution in [0.1, 0.15) is 11.5 Å². The van der Waals surface area contributed by atoms with Gasteiger partial charge in [-0.25, -0.2) is 18.5 Å². The van der Waals surface area contributed by atoms with Crippen LogP contribution in [0.3, 0.4) is 0 Å². The number of ether oxygens (including phenoxy) is 2. The summed E-state index contributed by atoms with van der Waals surface area (Å²) in [5, 5.41) is 5.48. The van der Waals surface area contributed by atoms with E-state index in [-0.39, 0.29) is 4.90 Å². The zero-order valence-electron chi connectivity index (χ0n) is 17.6. The lowest BCUT2D eigenvalue weighted by atomic mass is 10.1. The SMILES string of the molecule is COc1cc(OC)cc(-c2oc(Cc3ccccc3)nc2-c2ccccc2S(N)(=O)=O)c1. The van der Waals surface area contributed by atoms with E-state index >= 15 is 0 Å². The Hall–Kier alpha value is -3.62. The van der Waals surface area contributed by atoms with Crippen LogP contribution >= 0.6 is 0 Å². The number of hydrogen-bond acceptors (Lipinski definition) is 6. The summed E-state index contributed by atoms with van der Waals surface area (Å²) in [6, 6.07) is 21.5. The van der Waals surface area contributed by atoms with Crippen LogP contribution in [-0.2, 0) is 16.4 Å². The second kappa shape index (κ2) is 8.86. The van der Waals surface area contributed by atoms with Gasteiger partial charge in [0.2, 0.25) is 10.0 Å². The molecule has 8 heteroatoms. The highest BCUT2D eigenvalue weighted by Crippen LogP contribution is 2.39. The first-order valence-corrected chi connectivity index (χ1v) is 11.3. The highest BCUT2D eigenvalue weighted by atomic mass is 32.2. The van der Waals surface area contributed by atoms with Gasteiger partial charge in [-0.1, -0.05) is 48.5 Å². The molecule has 1 heterocycles. The fraction of sp³-hybridized carbons (Fsp3) is 0.125. The normalized spacial score (nSPS) is 11.3. The van der Waals surface area contributed by atoms with Gasteiger partial charge in [0, 0.05) is 23.6 Å².